The van der Waals surface area contributed by atoms with E-state index in [-0.39, 0.29) is 11.4 Å². The van der Waals surface area contributed by atoms with Crippen LogP contribution in [0.25, 0.3) is 5.69 Å². The molecule has 0 saturated carbocycles. The third-order valence-corrected chi connectivity index (χ3v) is 2.85. The molecule has 0 aliphatic heterocycles. The van der Waals surface area contributed by atoms with Crippen LogP contribution >= 0.6 is 0 Å². The average molecular weight is 261 g/mol. The van der Waals surface area contributed by atoms with E-state index in [0.29, 0.717) is 0 Å². The minimum Gasteiger partial charge on any atom is -0.306 e. The molecule has 0 aliphatic rings. The number of halogens is 1. The number of aryl methyl sites for hydroxylation is 1. The highest BCUT2D eigenvalue weighted by molar-refractivity contribution is 5.39. The van der Waals surface area contributed by atoms with Crippen LogP contribution in [-0.4, -0.2) is 15.3 Å². The average Bonchev–Trinajstić information content (AvgIpc) is 2.74. The van der Waals surface area contributed by atoms with Crippen LogP contribution in [0, 0.1) is 12.7 Å². The van der Waals surface area contributed by atoms with Gasteiger partial charge in [-0.25, -0.2) is 9.07 Å². The van der Waals surface area contributed by atoms with E-state index < -0.39 is 0 Å². The van der Waals surface area contributed by atoms with Crippen LogP contribution in [0.1, 0.15) is 32.0 Å². The van der Waals surface area contributed by atoms with Crippen LogP contribution in [0.2, 0.25) is 0 Å². The summed E-state index contributed by atoms with van der Waals surface area (Å²) in [5.41, 5.74) is 2.82. The maximum Gasteiger partial charge on any atom is 0.123 e. The van der Waals surface area contributed by atoms with Crippen molar-refractivity contribution < 1.29 is 4.39 Å². The fourth-order valence-corrected chi connectivity index (χ4v) is 1.82. The van der Waals surface area contributed by atoms with Crippen LogP contribution < -0.4 is 5.32 Å². The third-order valence-electron chi connectivity index (χ3n) is 2.85. The minimum absolute atomic E-state index is 0.0651. The Balaban J connectivity index is 2.16. The maximum absolute atomic E-state index is 13.1. The Labute approximate surface area is 113 Å². The lowest BCUT2D eigenvalue weighted by molar-refractivity contribution is 0.420. The Kier molecular flexibility index (Phi) is 3.71. The predicted molar refractivity (Wildman–Crippen MR) is 74.9 cm³/mol. The summed E-state index contributed by atoms with van der Waals surface area (Å²) < 4.78 is 14.9. The van der Waals surface area contributed by atoms with Crippen molar-refractivity contribution in [3.8, 4) is 5.69 Å². The highest BCUT2D eigenvalue weighted by Gasteiger charge is 2.10. The first kappa shape index (κ1) is 13.7. The first-order valence-electron chi connectivity index (χ1n) is 6.41. The quantitative estimate of drug-likeness (QED) is 0.919. The number of aromatic nitrogens is 2. The van der Waals surface area contributed by atoms with Gasteiger partial charge in [-0.3, -0.25) is 0 Å². The fourth-order valence-electron chi connectivity index (χ4n) is 1.82. The number of benzene rings is 1. The van der Waals surface area contributed by atoms with Crippen molar-refractivity contribution in [1.82, 2.24) is 15.1 Å². The molecule has 0 aliphatic carbocycles. The number of rotatable bonds is 3. The molecule has 0 atom stereocenters. The van der Waals surface area contributed by atoms with Crippen LogP contribution in [-0.2, 0) is 6.54 Å². The molecule has 0 amide bonds. The first-order chi connectivity index (χ1) is 8.85. The van der Waals surface area contributed by atoms with Crippen LogP contribution in [0.3, 0.4) is 0 Å². The summed E-state index contributed by atoms with van der Waals surface area (Å²) in [6.07, 6.45) is 1.90. The summed E-state index contributed by atoms with van der Waals surface area (Å²) in [5.74, 6) is -0.219. The lowest BCUT2D eigenvalue weighted by atomic mass is 10.1. The van der Waals surface area contributed by atoms with Crippen molar-refractivity contribution in [3.05, 3.63) is 47.5 Å². The molecule has 2 rings (SSSR count). The van der Waals surface area contributed by atoms with E-state index >= 15 is 0 Å². The third kappa shape index (κ3) is 3.64. The lowest BCUT2D eigenvalue weighted by Gasteiger charge is -2.19. The smallest absolute Gasteiger partial charge is 0.123 e. The molecule has 0 fully saturated rings. The van der Waals surface area contributed by atoms with Gasteiger partial charge in [-0.2, -0.15) is 5.10 Å². The van der Waals surface area contributed by atoms with Crippen LogP contribution in [0.15, 0.2) is 30.5 Å². The molecule has 2 aromatic rings. The van der Waals surface area contributed by atoms with Gasteiger partial charge in [0.1, 0.15) is 5.82 Å². The second-order valence-electron chi connectivity index (χ2n) is 5.79. The zero-order valence-electron chi connectivity index (χ0n) is 11.9. The van der Waals surface area contributed by atoms with Gasteiger partial charge in [0.25, 0.3) is 0 Å². The Bertz CT molecular complexity index is 567. The van der Waals surface area contributed by atoms with Gasteiger partial charge in [0.2, 0.25) is 0 Å². The molecular formula is C15H20FN3. The molecule has 1 N–H and O–H groups in total. The Morgan fingerprint density at radius 1 is 1.26 bits per heavy atom. The van der Waals surface area contributed by atoms with Crippen molar-refractivity contribution in [3.63, 3.8) is 0 Å². The SMILES string of the molecule is Cc1cc(F)ccc1-n1ccc(CNC(C)(C)C)n1. The van der Waals surface area contributed by atoms with E-state index in [9.17, 15) is 4.39 Å². The summed E-state index contributed by atoms with van der Waals surface area (Å²) in [6.45, 7) is 8.96. The molecule has 0 spiro atoms. The lowest BCUT2D eigenvalue weighted by Crippen LogP contribution is -2.35. The number of hydrogen-bond donors (Lipinski definition) is 1. The van der Waals surface area contributed by atoms with Gasteiger partial charge in [-0.05, 0) is 57.5 Å². The van der Waals surface area contributed by atoms with Gasteiger partial charge in [0.05, 0.1) is 11.4 Å². The van der Waals surface area contributed by atoms with Crippen molar-refractivity contribution in [2.45, 2.75) is 39.8 Å². The molecule has 0 saturated heterocycles. The zero-order chi connectivity index (χ0) is 14.0. The van der Waals surface area contributed by atoms with E-state index in [1.807, 2.05) is 19.2 Å². The summed E-state index contributed by atoms with van der Waals surface area (Å²) in [7, 11) is 0. The summed E-state index contributed by atoms with van der Waals surface area (Å²) in [4.78, 5) is 0. The highest BCUT2D eigenvalue weighted by atomic mass is 19.1. The Morgan fingerprint density at radius 3 is 2.63 bits per heavy atom. The van der Waals surface area contributed by atoms with Gasteiger partial charge in [0.15, 0.2) is 0 Å². The van der Waals surface area contributed by atoms with Gasteiger partial charge in [0, 0.05) is 18.3 Å². The topological polar surface area (TPSA) is 29.9 Å². The molecule has 0 bridgehead atoms. The first-order valence-corrected chi connectivity index (χ1v) is 6.41. The molecule has 1 aromatic carbocycles. The molecule has 3 nitrogen and oxygen atoms in total. The van der Waals surface area contributed by atoms with E-state index in [0.717, 1.165) is 23.5 Å². The second kappa shape index (κ2) is 5.13. The fraction of sp³-hybridized carbons (Fsp3) is 0.400. The van der Waals surface area contributed by atoms with E-state index in [2.05, 4.69) is 31.2 Å². The molecule has 0 radical (unpaired) electrons. The maximum atomic E-state index is 13.1. The molecule has 19 heavy (non-hydrogen) atoms. The Hall–Kier alpha value is -1.68. The largest absolute Gasteiger partial charge is 0.306 e. The van der Waals surface area contributed by atoms with Crippen molar-refractivity contribution >= 4 is 0 Å². The van der Waals surface area contributed by atoms with Gasteiger partial charge in [-0.15, -0.1) is 0 Å². The van der Waals surface area contributed by atoms with Gasteiger partial charge in [-0.1, -0.05) is 0 Å². The van der Waals surface area contributed by atoms with Crippen LogP contribution in [0.5, 0.6) is 0 Å². The van der Waals surface area contributed by atoms with Crippen molar-refractivity contribution in [2.24, 2.45) is 0 Å². The zero-order valence-corrected chi connectivity index (χ0v) is 11.9. The van der Waals surface area contributed by atoms with E-state index in [1.165, 1.54) is 12.1 Å². The summed E-state index contributed by atoms with van der Waals surface area (Å²) in [6, 6.07) is 6.70. The highest BCUT2D eigenvalue weighted by Crippen LogP contribution is 2.15. The van der Waals surface area contributed by atoms with Gasteiger partial charge < -0.3 is 5.32 Å². The monoisotopic (exact) mass is 261 g/mol. The Morgan fingerprint density at radius 2 is 2.00 bits per heavy atom. The normalized spacial score (nSPS) is 11.8. The molecular weight excluding hydrogens is 241 g/mol. The predicted octanol–water partition coefficient (Wildman–Crippen LogP) is 3.21. The van der Waals surface area contributed by atoms with E-state index in [4.69, 9.17) is 0 Å². The van der Waals surface area contributed by atoms with Crippen molar-refractivity contribution in [1.29, 1.82) is 0 Å². The molecule has 0 unspecified atom stereocenters. The number of hydrogen-bond acceptors (Lipinski definition) is 2. The van der Waals surface area contributed by atoms with Crippen LogP contribution in [0.4, 0.5) is 4.39 Å². The second-order valence-corrected chi connectivity index (χ2v) is 5.79. The molecule has 102 valence electrons. The summed E-state index contributed by atoms with van der Waals surface area (Å²) in [5, 5.41) is 7.90. The van der Waals surface area contributed by atoms with Gasteiger partial charge >= 0.3 is 0 Å². The van der Waals surface area contributed by atoms with E-state index in [1.54, 1.807) is 10.7 Å². The standard InChI is InChI=1S/C15H20FN3/c1-11-9-12(16)5-6-14(11)19-8-7-13(18-19)10-17-15(2,3)4/h5-9,17H,10H2,1-4H3. The number of nitrogens with one attached hydrogen (secondary N) is 1. The molecule has 4 heteroatoms. The van der Waals surface area contributed by atoms with Crippen molar-refractivity contribution in [2.75, 3.05) is 0 Å². The minimum atomic E-state index is -0.219. The molecule has 1 heterocycles. The summed E-state index contributed by atoms with van der Waals surface area (Å²) >= 11 is 0. The molecule has 1 aromatic heterocycles. The number of nitrogens with zero attached hydrogens (tertiary/aromatic N) is 2.